The third-order valence-corrected chi connectivity index (χ3v) is 2.11. The number of anilines is 1. The van der Waals surface area contributed by atoms with Crippen LogP contribution in [0.5, 0.6) is 11.5 Å². The van der Waals surface area contributed by atoms with Crippen LogP contribution in [-0.4, -0.2) is 18.5 Å². The number of phenolic OH excluding ortho intramolecular Hbond substituents is 1. The summed E-state index contributed by atoms with van der Waals surface area (Å²) in [5.41, 5.74) is 6.79. The van der Waals surface area contributed by atoms with Crippen LogP contribution in [0.1, 0.15) is 22.8 Å². The molecule has 0 bridgehead atoms. The van der Waals surface area contributed by atoms with Gasteiger partial charge in [-0.3, -0.25) is 4.79 Å². The van der Waals surface area contributed by atoms with Gasteiger partial charge in [-0.15, -0.1) is 12.4 Å². The molecule has 0 fully saturated rings. The summed E-state index contributed by atoms with van der Waals surface area (Å²) in [4.78, 5) is 10.7. The molecule has 4 nitrogen and oxygen atoms in total. The standard InChI is InChI=1S/C10H13NO3.ClH/c1-3-7-6(5-12)4-8(11)9(13)10(7)14-2;/h4-5,13H,3,11H2,1-2H3;1H. The maximum absolute atomic E-state index is 10.7. The van der Waals surface area contributed by atoms with E-state index in [-0.39, 0.29) is 29.6 Å². The van der Waals surface area contributed by atoms with Crippen molar-refractivity contribution in [3.05, 3.63) is 17.2 Å². The molecule has 3 N–H and O–H groups in total. The first-order valence-electron chi connectivity index (χ1n) is 4.29. The highest BCUT2D eigenvalue weighted by Gasteiger charge is 2.15. The summed E-state index contributed by atoms with van der Waals surface area (Å²) in [7, 11) is 1.43. The number of aldehydes is 1. The second kappa shape index (κ2) is 5.46. The highest BCUT2D eigenvalue weighted by molar-refractivity contribution is 5.85. The second-order valence-electron chi connectivity index (χ2n) is 2.89. The molecule has 1 aromatic rings. The Bertz CT molecular complexity index is 366. The molecule has 0 radical (unpaired) electrons. The number of rotatable bonds is 3. The van der Waals surface area contributed by atoms with Gasteiger partial charge >= 0.3 is 0 Å². The molecule has 0 heterocycles. The van der Waals surface area contributed by atoms with E-state index in [9.17, 15) is 9.90 Å². The molecule has 0 aliphatic rings. The zero-order chi connectivity index (χ0) is 10.7. The highest BCUT2D eigenvalue weighted by atomic mass is 35.5. The summed E-state index contributed by atoms with van der Waals surface area (Å²) < 4.78 is 5.00. The van der Waals surface area contributed by atoms with Crippen LogP contribution in [0, 0.1) is 0 Å². The molecule has 5 heteroatoms. The van der Waals surface area contributed by atoms with Gasteiger partial charge in [-0.05, 0) is 12.5 Å². The summed E-state index contributed by atoms with van der Waals surface area (Å²) in [6, 6.07) is 1.45. The van der Waals surface area contributed by atoms with Crippen LogP contribution < -0.4 is 10.5 Å². The van der Waals surface area contributed by atoms with Gasteiger partial charge in [-0.1, -0.05) is 6.92 Å². The van der Waals surface area contributed by atoms with Crippen LogP contribution in [0.15, 0.2) is 6.07 Å². The molecule has 1 aromatic carbocycles. The second-order valence-corrected chi connectivity index (χ2v) is 2.89. The van der Waals surface area contributed by atoms with Gasteiger partial charge < -0.3 is 15.6 Å². The number of halogens is 1. The molecule has 0 aliphatic heterocycles. The Kier molecular flexibility index (Phi) is 4.94. The Hall–Kier alpha value is -1.42. The first-order chi connectivity index (χ1) is 6.65. The van der Waals surface area contributed by atoms with E-state index in [4.69, 9.17) is 10.5 Å². The van der Waals surface area contributed by atoms with E-state index in [0.29, 0.717) is 23.8 Å². The largest absolute Gasteiger partial charge is 0.503 e. The van der Waals surface area contributed by atoms with Crippen molar-refractivity contribution in [1.29, 1.82) is 0 Å². The van der Waals surface area contributed by atoms with E-state index < -0.39 is 0 Å². The Labute approximate surface area is 94.5 Å². The smallest absolute Gasteiger partial charge is 0.181 e. The van der Waals surface area contributed by atoms with E-state index in [2.05, 4.69) is 0 Å². The third-order valence-electron chi connectivity index (χ3n) is 2.11. The average molecular weight is 232 g/mol. The maximum Gasteiger partial charge on any atom is 0.181 e. The molecule has 0 saturated carbocycles. The van der Waals surface area contributed by atoms with Crippen LogP contribution in [-0.2, 0) is 6.42 Å². The summed E-state index contributed by atoms with van der Waals surface area (Å²) in [5.74, 6) is 0.185. The van der Waals surface area contributed by atoms with Crippen molar-refractivity contribution in [1.82, 2.24) is 0 Å². The van der Waals surface area contributed by atoms with Crippen molar-refractivity contribution in [3.63, 3.8) is 0 Å². The number of carbonyl (C=O) groups excluding carboxylic acids is 1. The molecule has 0 amide bonds. The number of ether oxygens (including phenoxy) is 1. The topological polar surface area (TPSA) is 72.6 Å². The van der Waals surface area contributed by atoms with Gasteiger partial charge in [-0.2, -0.15) is 0 Å². The SMILES string of the molecule is CCc1c(C=O)cc(N)c(O)c1OC.Cl. The van der Waals surface area contributed by atoms with Gasteiger partial charge in [0, 0.05) is 11.1 Å². The molecule has 0 atom stereocenters. The number of benzene rings is 1. The van der Waals surface area contributed by atoms with E-state index in [1.54, 1.807) is 0 Å². The highest BCUT2D eigenvalue weighted by Crippen LogP contribution is 2.37. The van der Waals surface area contributed by atoms with Gasteiger partial charge in [0.25, 0.3) is 0 Å². The Morgan fingerprint density at radius 3 is 2.60 bits per heavy atom. The lowest BCUT2D eigenvalue weighted by Crippen LogP contribution is -2.00. The van der Waals surface area contributed by atoms with E-state index in [1.165, 1.54) is 13.2 Å². The zero-order valence-electron chi connectivity index (χ0n) is 8.61. The van der Waals surface area contributed by atoms with Crippen molar-refractivity contribution in [2.75, 3.05) is 12.8 Å². The molecule has 0 spiro atoms. The van der Waals surface area contributed by atoms with E-state index in [0.717, 1.165) is 0 Å². The van der Waals surface area contributed by atoms with Crippen molar-refractivity contribution >= 4 is 24.4 Å². The lowest BCUT2D eigenvalue weighted by atomic mass is 10.0. The molecular weight excluding hydrogens is 218 g/mol. The summed E-state index contributed by atoms with van der Waals surface area (Å²) in [6.07, 6.45) is 1.31. The van der Waals surface area contributed by atoms with Crippen molar-refractivity contribution in [3.8, 4) is 11.5 Å². The van der Waals surface area contributed by atoms with Gasteiger partial charge in [0.1, 0.15) is 0 Å². The average Bonchev–Trinajstić information content (AvgIpc) is 2.20. The van der Waals surface area contributed by atoms with Crippen molar-refractivity contribution in [2.24, 2.45) is 0 Å². The minimum Gasteiger partial charge on any atom is -0.503 e. The number of nitrogens with two attached hydrogens (primary N) is 1. The molecule has 15 heavy (non-hydrogen) atoms. The Morgan fingerprint density at radius 1 is 1.60 bits per heavy atom. The monoisotopic (exact) mass is 231 g/mol. The number of methoxy groups -OCH3 is 1. The normalized spacial score (nSPS) is 9.20. The van der Waals surface area contributed by atoms with E-state index in [1.807, 2.05) is 6.92 Å². The van der Waals surface area contributed by atoms with Gasteiger partial charge in [0.15, 0.2) is 17.8 Å². The lowest BCUT2D eigenvalue weighted by Gasteiger charge is -2.12. The number of nitrogen functional groups attached to an aromatic ring is 1. The Balaban J connectivity index is 0.00000196. The van der Waals surface area contributed by atoms with E-state index >= 15 is 0 Å². The minimum atomic E-state index is -0.102. The van der Waals surface area contributed by atoms with Gasteiger partial charge in [0.2, 0.25) is 0 Å². The first-order valence-corrected chi connectivity index (χ1v) is 4.29. The predicted molar refractivity (Wildman–Crippen MR) is 61.1 cm³/mol. The van der Waals surface area contributed by atoms with Crippen molar-refractivity contribution in [2.45, 2.75) is 13.3 Å². The summed E-state index contributed by atoms with van der Waals surface area (Å²) in [5, 5.41) is 9.56. The molecule has 0 saturated heterocycles. The number of phenols is 1. The summed E-state index contributed by atoms with van der Waals surface area (Å²) >= 11 is 0. The molecule has 0 unspecified atom stereocenters. The maximum atomic E-state index is 10.7. The summed E-state index contributed by atoms with van der Waals surface area (Å²) in [6.45, 7) is 1.88. The quantitative estimate of drug-likeness (QED) is 0.473. The fourth-order valence-electron chi connectivity index (χ4n) is 1.42. The van der Waals surface area contributed by atoms with Crippen LogP contribution in [0.2, 0.25) is 0 Å². The fraction of sp³-hybridized carbons (Fsp3) is 0.300. The number of hydrogen-bond acceptors (Lipinski definition) is 4. The fourth-order valence-corrected chi connectivity index (χ4v) is 1.42. The molecule has 0 aromatic heterocycles. The molecule has 84 valence electrons. The van der Waals surface area contributed by atoms with Gasteiger partial charge in [-0.25, -0.2) is 0 Å². The number of carbonyl (C=O) groups is 1. The third kappa shape index (κ3) is 2.33. The molecule has 1 rings (SSSR count). The van der Waals surface area contributed by atoms with Crippen LogP contribution in [0.3, 0.4) is 0 Å². The van der Waals surface area contributed by atoms with Crippen LogP contribution in [0.25, 0.3) is 0 Å². The van der Waals surface area contributed by atoms with Gasteiger partial charge in [0.05, 0.1) is 12.8 Å². The molecular formula is C10H14ClNO3. The first kappa shape index (κ1) is 13.6. The van der Waals surface area contributed by atoms with Crippen LogP contribution in [0.4, 0.5) is 5.69 Å². The zero-order valence-corrected chi connectivity index (χ0v) is 9.43. The predicted octanol–water partition coefficient (Wildman–Crippen LogP) is 1.78. The molecule has 0 aliphatic carbocycles. The minimum absolute atomic E-state index is 0. The number of aromatic hydroxyl groups is 1. The number of hydrogen-bond donors (Lipinski definition) is 2. The van der Waals surface area contributed by atoms with Crippen molar-refractivity contribution < 1.29 is 14.6 Å². The van der Waals surface area contributed by atoms with Crippen LogP contribution >= 0.6 is 12.4 Å². The Morgan fingerprint density at radius 2 is 2.20 bits per heavy atom. The lowest BCUT2D eigenvalue weighted by molar-refractivity contribution is 0.112.